The molecule has 1 atom stereocenters. The quantitative estimate of drug-likeness (QED) is 0.576. The Labute approximate surface area is 171 Å². The van der Waals surface area contributed by atoms with Gasteiger partial charge in [0.2, 0.25) is 0 Å². The van der Waals surface area contributed by atoms with Crippen LogP contribution in [0.1, 0.15) is 35.3 Å². The fourth-order valence-electron chi connectivity index (χ4n) is 3.14. The van der Waals surface area contributed by atoms with Crippen molar-refractivity contribution in [2.45, 2.75) is 33.3 Å². The molecule has 4 nitrogen and oxygen atoms in total. The number of amides is 1. The molecule has 3 aromatic carbocycles. The van der Waals surface area contributed by atoms with Crippen LogP contribution in [0.15, 0.2) is 72.8 Å². The average Bonchev–Trinajstić information content (AvgIpc) is 2.75. The lowest BCUT2D eigenvalue weighted by Crippen LogP contribution is -2.30. The molecular weight excluding hydrogens is 362 g/mol. The molecule has 0 saturated carbocycles. The molecule has 0 bridgehead atoms. The van der Waals surface area contributed by atoms with Crippen molar-refractivity contribution in [2.24, 2.45) is 0 Å². The van der Waals surface area contributed by atoms with Crippen LogP contribution in [-0.2, 0) is 16.0 Å². The molecular formula is C25H25NO3. The van der Waals surface area contributed by atoms with Crippen LogP contribution in [0.25, 0.3) is 11.1 Å². The van der Waals surface area contributed by atoms with E-state index in [2.05, 4.69) is 5.32 Å². The fraction of sp³-hybridized carbons (Fsp3) is 0.200. The Morgan fingerprint density at radius 3 is 2.21 bits per heavy atom. The lowest BCUT2D eigenvalue weighted by Gasteiger charge is -2.17. The maximum absolute atomic E-state index is 12.6. The number of nitrogens with one attached hydrogen (secondary N) is 1. The van der Waals surface area contributed by atoms with Gasteiger partial charge in [-0.1, -0.05) is 67.6 Å². The summed E-state index contributed by atoms with van der Waals surface area (Å²) >= 11 is 0. The van der Waals surface area contributed by atoms with Crippen LogP contribution in [-0.4, -0.2) is 18.0 Å². The molecule has 0 radical (unpaired) electrons. The van der Waals surface area contributed by atoms with Gasteiger partial charge >= 0.3 is 5.97 Å². The molecule has 0 spiro atoms. The van der Waals surface area contributed by atoms with Crippen molar-refractivity contribution in [3.05, 3.63) is 89.5 Å². The van der Waals surface area contributed by atoms with E-state index in [1.54, 1.807) is 19.1 Å². The first-order chi connectivity index (χ1) is 14.0. The maximum atomic E-state index is 12.6. The number of esters is 1. The second kappa shape index (κ2) is 9.20. The van der Waals surface area contributed by atoms with Crippen molar-refractivity contribution >= 4 is 17.6 Å². The van der Waals surface area contributed by atoms with E-state index in [4.69, 9.17) is 4.74 Å². The van der Waals surface area contributed by atoms with Gasteiger partial charge in [0.25, 0.3) is 5.91 Å². The molecule has 0 heterocycles. The second-order valence-corrected chi connectivity index (χ2v) is 6.94. The number of anilines is 1. The van der Waals surface area contributed by atoms with E-state index >= 15 is 0 Å². The summed E-state index contributed by atoms with van der Waals surface area (Å²) in [5, 5.41) is 2.90. The van der Waals surface area contributed by atoms with E-state index in [0.29, 0.717) is 5.56 Å². The van der Waals surface area contributed by atoms with Gasteiger partial charge in [0.15, 0.2) is 6.10 Å². The SMILES string of the molecule is CCc1cccc(C)c1NC(=O)C(C)OC(=O)c1ccc(-c2ccccc2)cc1. The number of hydrogen-bond acceptors (Lipinski definition) is 3. The van der Waals surface area contributed by atoms with Crippen LogP contribution in [0.4, 0.5) is 5.69 Å². The van der Waals surface area contributed by atoms with E-state index in [1.165, 1.54) is 0 Å². The summed E-state index contributed by atoms with van der Waals surface area (Å²) < 4.78 is 5.38. The van der Waals surface area contributed by atoms with Gasteiger partial charge in [-0.15, -0.1) is 0 Å². The molecule has 0 fully saturated rings. The zero-order chi connectivity index (χ0) is 20.8. The van der Waals surface area contributed by atoms with Gasteiger partial charge in [-0.3, -0.25) is 4.79 Å². The first kappa shape index (κ1) is 20.3. The van der Waals surface area contributed by atoms with Gasteiger partial charge in [0.1, 0.15) is 0 Å². The predicted octanol–water partition coefficient (Wildman–Crippen LogP) is 5.41. The second-order valence-electron chi connectivity index (χ2n) is 6.94. The monoisotopic (exact) mass is 387 g/mol. The van der Waals surface area contributed by atoms with Gasteiger partial charge in [-0.2, -0.15) is 0 Å². The molecule has 4 heteroatoms. The topological polar surface area (TPSA) is 55.4 Å². The largest absolute Gasteiger partial charge is 0.449 e. The van der Waals surface area contributed by atoms with E-state index in [-0.39, 0.29) is 5.91 Å². The molecule has 3 aromatic rings. The normalized spacial score (nSPS) is 11.6. The van der Waals surface area contributed by atoms with Crippen molar-refractivity contribution in [1.29, 1.82) is 0 Å². The lowest BCUT2D eigenvalue weighted by atomic mass is 10.0. The third-order valence-electron chi connectivity index (χ3n) is 4.87. The average molecular weight is 387 g/mol. The summed E-state index contributed by atoms with van der Waals surface area (Å²) in [5.74, 6) is -0.865. The first-order valence-corrected chi connectivity index (χ1v) is 9.75. The van der Waals surface area contributed by atoms with Gasteiger partial charge in [0.05, 0.1) is 5.56 Å². The highest BCUT2D eigenvalue weighted by molar-refractivity contribution is 5.98. The molecule has 0 aliphatic carbocycles. The molecule has 29 heavy (non-hydrogen) atoms. The maximum Gasteiger partial charge on any atom is 0.338 e. The number of aryl methyl sites for hydroxylation is 2. The Kier molecular flexibility index (Phi) is 6.45. The Morgan fingerprint density at radius 2 is 1.55 bits per heavy atom. The molecule has 1 amide bonds. The highest BCUT2D eigenvalue weighted by atomic mass is 16.5. The van der Waals surface area contributed by atoms with Crippen LogP contribution in [0.2, 0.25) is 0 Å². The Bertz CT molecular complexity index is 994. The Morgan fingerprint density at radius 1 is 0.897 bits per heavy atom. The number of carbonyl (C=O) groups excluding carboxylic acids is 2. The Balaban J connectivity index is 1.65. The van der Waals surface area contributed by atoms with E-state index in [9.17, 15) is 9.59 Å². The van der Waals surface area contributed by atoms with Crippen molar-refractivity contribution in [3.8, 4) is 11.1 Å². The highest BCUT2D eigenvalue weighted by Crippen LogP contribution is 2.22. The molecule has 0 aliphatic heterocycles. The number of hydrogen-bond donors (Lipinski definition) is 1. The summed E-state index contributed by atoms with van der Waals surface area (Å²) in [6, 6.07) is 23.0. The van der Waals surface area contributed by atoms with Crippen molar-refractivity contribution in [3.63, 3.8) is 0 Å². The molecule has 0 aromatic heterocycles. The molecule has 0 saturated heterocycles. The smallest absolute Gasteiger partial charge is 0.338 e. The minimum absolute atomic E-state index is 0.344. The van der Waals surface area contributed by atoms with Gasteiger partial charge in [-0.25, -0.2) is 4.79 Å². The zero-order valence-electron chi connectivity index (χ0n) is 16.9. The molecule has 3 rings (SSSR count). The summed E-state index contributed by atoms with van der Waals surface area (Å²) in [6.07, 6.45) is -0.0974. The molecule has 1 unspecified atom stereocenters. The van der Waals surface area contributed by atoms with Crippen molar-refractivity contribution in [1.82, 2.24) is 0 Å². The van der Waals surface area contributed by atoms with Gasteiger partial charge in [-0.05, 0) is 54.7 Å². The summed E-state index contributed by atoms with van der Waals surface area (Å²) in [7, 11) is 0. The van der Waals surface area contributed by atoms with Crippen LogP contribution >= 0.6 is 0 Å². The number of carbonyl (C=O) groups is 2. The molecule has 1 N–H and O–H groups in total. The molecule has 0 aliphatic rings. The van der Waals surface area contributed by atoms with Crippen LogP contribution in [0, 0.1) is 6.92 Å². The Hall–Kier alpha value is -3.40. The van der Waals surface area contributed by atoms with E-state index < -0.39 is 12.1 Å². The minimum atomic E-state index is -0.902. The van der Waals surface area contributed by atoms with Gasteiger partial charge < -0.3 is 10.1 Å². The van der Waals surface area contributed by atoms with Crippen molar-refractivity contribution in [2.75, 3.05) is 5.32 Å². The molecule has 148 valence electrons. The first-order valence-electron chi connectivity index (χ1n) is 9.75. The standard InChI is InChI=1S/C25H25NO3/c1-4-19-12-8-9-17(2)23(19)26-24(27)18(3)29-25(28)22-15-13-21(14-16-22)20-10-6-5-7-11-20/h5-16,18H,4H2,1-3H3,(H,26,27). The highest BCUT2D eigenvalue weighted by Gasteiger charge is 2.20. The van der Waals surface area contributed by atoms with Crippen LogP contribution in [0.3, 0.4) is 0 Å². The zero-order valence-corrected chi connectivity index (χ0v) is 16.9. The van der Waals surface area contributed by atoms with E-state index in [0.717, 1.165) is 34.4 Å². The van der Waals surface area contributed by atoms with Crippen LogP contribution < -0.4 is 5.32 Å². The number of para-hydroxylation sites is 1. The number of benzene rings is 3. The lowest BCUT2D eigenvalue weighted by molar-refractivity contribution is -0.123. The van der Waals surface area contributed by atoms with Crippen molar-refractivity contribution < 1.29 is 14.3 Å². The summed E-state index contributed by atoms with van der Waals surface area (Å²) in [4.78, 5) is 25.0. The predicted molar refractivity (Wildman–Crippen MR) is 116 cm³/mol. The fourth-order valence-corrected chi connectivity index (χ4v) is 3.14. The third-order valence-corrected chi connectivity index (χ3v) is 4.87. The van der Waals surface area contributed by atoms with Crippen LogP contribution in [0.5, 0.6) is 0 Å². The summed E-state index contributed by atoms with van der Waals surface area (Å²) in [5.41, 5.74) is 5.32. The number of rotatable bonds is 6. The third kappa shape index (κ3) is 4.91. The minimum Gasteiger partial charge on any atom is -0.449 e. The number of ether oxygens (including phenoxy) is 1. The summed E-state index contributed by atoms with van der Waals surface area (Å²) in [6.45, 7) is 5.56. The van der Waals surface area contributed by atoms with Gasteiger partial charge in [0, 0.05) is 5.69 Å². The van der Waals surface area contributed by atoms with E-state index in [1.807, 2.05) is 74.5 Å².